The number of aliphatic hydroxyl groups excluding tert-OH is 1. The van der Waals surface area contributed by atoms with Gasteiger partial charge < -0.3 is 14.4 Å². The number of fused-ring (bicyclic) bond motifs is 1. The maximum atomic E-state index is 14.1. The second-order valence-corrected chi connectivity index (χ2v) is 13.8. The Morgan fingerprint density at radius 2 is 2.21 bits per heavy atom. The summed E-state index contributed by atoms with van der Waals surface area (Å²) >= 11 is 0. The lowest BCUT2D eigenvalue weighted by molar-refractivity contribution is 0.0807. The standard InChI is InChI=1S/C22H31FN2O2S/c1-28(2,3)12-11-27-15-25-10-9-24-21(25)20(26)18-7-6-17(23)13-19(18)22-8-4-5-16(22)14-22/h6-7,9-10,13,16,20,26H,4-5,8,11-12,14-15H2,1-3H3. The van der Waals surface area contributed by atoms with Crippen molar-refractivity contribution in [1.82, 2.24) is 9.55 Å². The Kier molecular flexibility index (Phi) is 5.31. The average molecular weight is 407 g/mol. The molecule has 0 saturated heterocycles. The zero-order valence-corrected chi connectivity index (χ0v) is 17.8. The lowest BCUT2D eigenvalue weighted by Crippen LogP contribution is -2.17. The molecule has 0 radical (unpaired) electrons. The number of nitrogens with zero attached hydrogens (tertiary/aromatic N) is 2. The number of hydrogen-bond acceptors (Lipinski definition) is 3. The van der Waals surface area contributed by atoms with Gasteiger partial charge in [0.2, 0.25) is 0 Å². The molecule has 3 atom stereocenters. The Labute approximate surface area is 168 Å². The maximum absolute atomic E-state index is 14.1. The third kappa shape index (κ3) is 3.87. The van der Waals surface area contributed by atoms with Crippen LogP contribution in [-0.4, -0.2) is 45.8 Å². The van der Waals surface area contributed by atoms with E-state index in [2.05, 4.69) is 23.8 Å². The van der Waals surface area contributed by atoms with Crippen LogP contribution in [0.15, 0.2) is 30.6 Å². The van der Waals surface area contributed by atoms with Crippen LogP contribution in [-0.2, 0) is 16.9 Å². The molecular formula is C22H31FN2O2S. The summed E-state index contributed by atoms with van der Waals surface area (Å²) in [5.41, 5.74) is 1.84. The quantitative estimate of drug-likeness (QED) is 0.668. The van der Waals surface area contributed by atoms with Crippen LogP contribution >= 0.6 is 10.0 Å². The van der Waals surface area contributed by atoms with Gasteiger partial charge in [0, 0.05) is 18.1 Å². The molecule has 0 spiro atoms. The fraction of sp³-hybridized carbons (Fsp3) is 0.591. The Hall–Kier alpha value is -1.37. The van der Waals surface area contributed by atoms with E-state index in [1.54, 1.807) is 18.3 Å². The molecule has 28 heavy (non-hydrogen) atoms. The van der Waals surface area contributed by atoms with E-state index in [0.29, 0.717) is 25.1 Å². The van der Waals surface area contributed by atoms with Gasteiger partial charge in [0.15, 0.2) is 0 Å². The minimum Gasteiger partial charge on any atom is -0.380 e. The largest absolute Gasteiger partial charge is 0.380 e. The minimum absolute atomic E-state index is 0.0713. The number of rotatable bonds is 8. The van der Waals surface area contributed by atoms with Crippen LogP contribution in [0.1, 0.15) is 48.7 Å². The van der Waals surface area contributed by atoms with Crippen molar-refractivity contribution in [2.75, 3.05) is 31.1 Å². The van der Waals surface area contributed by atoms with E-state index in [-0.39, 0.29) is 11.2 Å². The van der Waals surface area contributed by atoms with Crippen LogP contribution in [0.25, 0.3) is 0 Å². The SMILES string of the molecule is CS(C)(C)CCOCn1ccnc1C(O)c1ccc(F)cc1C12CCCC1C2. The molecule has 2 aliphatic rings. The van der Waals surface area contributed by atoms with Gasteiger partial charge in [-0.25, -0.2) is 19.4 Å². The third-order valence-corrected chi connectivity index (χ3v) is 7.71. The second-order valence-electron chi connectivity index (χ2n) is 9.17. The van der Waals surface area contributed by atoms with E-state index >= 15 is 0 Å². The molecule has 154 valence electrons. The first-order valence-electron chi connectivity index (χ1n) is 10.0. The maximum Gasteiger partial charge on any atom is 0.144 e. The molecule has 2 aliphatic carbocycles. The molecular weight excluding hydrogens is 375 g/mol. The van der Waals surface area contributed by atoms with Crippen molar-refractivity contribution < 1.29 is 14.2 Å². The van der Waals surface area contributed by atoms with Crippen molar-refractivity contribution in [2.24, 2.45) is 5.92 Å². The highest BCUT2D eigenvalue weighted by molar-refractivity contribution is 8.32. The lowest BCUT2D eigenvalue weighted by atomic mass is 9.87. The van der Waals surface area contributed by atoms with Crippen molar-refractivity contribution in [3.05, 3.63) is 53.4 Å². The molecule has 0 aliphatic heterocycles. The van der Waals surface area contributed by atoms with E-state index in [1.807, 2.05) is 10.8 Å². The summed E-state index contributed by atoms with van der Waals surface area (Å²) in [5, 5.41) is 11.2. The van der Waals surface area contributed by atoms with Crippen molar-refractivity contribution in [2.45, 2.75) is 43.9 Å². The molecule has 2 aromatic rings. The van der Waals surface area contributed by atoms with Gasteiger partial charge >= 0.3 is 0 Å². The summed E-state index contributed by atoms with van der Waals surface area (Å²) in [5.74, 6) is 2.02. The summed E-state index contributed by atoms with van der Waals surface area (Å²) in [6.45, 7) is 1.06. The van der Waals surface area contributed by atoms with E-state index in [1.165, 1.54) is 18.9 Å². The number of hydrogen-bond donors (Lipinski definition) is 1. The van der Waals surface area contributed by atoms with Gasteiger partial charge in [-0.3, -0.25) is 0 Å². The number of aliphatic hydroxyl groups is 1. The third-order valence-electron chi connectivity index (χ3n) is 6.32. The lowest BCUT2D eigenvalue weighted by Gasteiger charge is -2.25. The van der Waals surface area contributed by atoms with Gasteiger partial charge in [0.25, 0.3) is 0 Å². The summed E-state index contributed by atoms with van der Waals surface area (Å²) in [6.07, 6.45) is 14.1. The monoisotopic (exact) mass is 406 g/mol. The van der Waals surface area contributed by atoms with Crippen LogP contribution in [0.3, 0.4) is 0 Å². The van der Waals surface area contributed by atoms with Crippen LogP contribution in [0, 0.1) is 11.7 Å². The highest BCUT2D eigenvalue weighted by atomic mass is 32.3. The highest BCUT2D eigenvalue weighted by Gasteiger charge is 2.58. The molecule has 1 aromatic carbocycles. The number of benzene rings is 1. The molecule has 1 heterocycles. The summed E-state index contributed by atoms with van der Waals surface area (Å²) in [7, 11) is -0.591. The smallest absolute Gasteiger partial charge is 0.144 e. The Bertz CT molecular complexity index is 847. The first-order valence-corrected chi connectivity index (χ1v) is 13.1. The van der Waals surface area contributed by atoms with Crippen LogP contribution in [0.2, 0.25) is 0 Å². The number of aromatic nitrogens is 2. The molecule has 2 saturated carbocycles. The number of imidazole rings is 1. The van der Waals surface area contributed by atoms with E-state index in [0.717, 1.165) is 29.7 Å². The molecule has 2 fully saturated rings. The zero-order chi connectivity index (χ0) is 19.9. The van der Waals surface area contributed by atoms with Crippen LogP contribution in [0.4, 0.5) is 4.39 Å². The van der Waals surface area contributed by atoms with Gasteiger partial charge in [-0.05, 0) is 72.6 Å². The van der Waals surface area contributed by atoms with E-state index in [9.17, 15) is 9.50 Å². The molecule has 4 nitrogen and oxygen atoms in total. The first-order chi connectivity index (χ1) is 13.3. The summed E-state index contributed by atoms with van der Waals surface area (Å²) < 4.78 is 21.7. The average Bonchev–Trinajstić information content (AvgIpc) is 2.99. The zero-order valence-electron chi connectivity index (χ0n) is 17.0. The van der Waals surface area contributed by atoms with E-state index in [4.69, 9.17) is 4.74 Å². The Morgan fingerprint density at radius 3 is 2.89 bits per heavy atom. The fourth-order valence-corrected chi connectivity index (χ4v) is 5.30. The second kappa shape index (κ2) is 7.47. The van der Waals surface area contributed by atoms with Crippen LogP contribution in [0.5, 0.6) is 0 Å². The van der Waals surface area contributed by atoms with Crippen LogP contribution < -0.4 is 0 Å². The topological polar surface area (TPSA) is 47.3 Å². The Balaban J connectivity index is 1.53. The van der Waals surface area contributed by atoms with Crippen molar-refractivity contribution >= 4 is 10.0 Å². The molecule has 6 heteroatoms. The minimum atomic E-state index is -0.876. The fourth-order valence-electron chi connectivity index (χ4n) is 4.68. The van der Waals surface area contributed by atoms with Gasteiger partial charge in [0.05, 0.1) is 6.61 Å². The number of halogens is 1. The van der Waals surface area contributed by atoms with Crippen molar-refractivity contribution in [3.63, 3.8) is 0 Å². The predicted octanol–water partition coefficient (Wildman–Crippen LogP) is 4.21. The van der Waals surface area contributed by atoms with Gasteiger partial charge in [-0.2, -0.15) is 0 Å². The van der Waals surface area contributed by atoms with Gasteiger partial charge in [0.1, 0.15) is 24.5 Å². The molecule has 4 rings (SSSR count). The normalized spacial score (nSPS) is 25.5. The summed E-state index contributed by atoms with van der Waals surface area (Å²) in [4.78, 5) is 4.39. The van der Waals surface area contributed by atoms with Gasteiger partial charge in [-0.1, -0.05) is 12.5 Å². The van der Waals surface area contributed by atoms with Gasteiger partial charge in [-0.15, -0.1) is 0 Å². The van der Waals surface area contributed by atoms with Crippen molar-refractivity contribution in [1.29, 1.82) is 0 Å². The molecule has 0 amide bonds. The molecule has 1 N–H and O–H groups in total. The number of ether oxygens (including phenoxy) is 1. The molecule has 3 unspecified atom stereocenters. The Morgan fingerprint density at radius 1 is 1.39 bits per heavy atom. The highest BCUT2D eigenvalue weighted by Crippen LogP contribution is 2.65. The summed E-state index contributed by atoms with van der Waals surface area (Å²) in [6, 6.07) is 4.82. The van der Waals surface area contributed by atoms with E-state index < -0.39 is 16.1 Å². The molecule has 1 aromatic heterocycles. The molecule has 0 bridgehead atoms. The first kappa shape index (κ1) is 19.9. The van der Waals surface area contributed by atoms with Crippen molar-refractivity contribution in [3.8, 4) is 0 Å². The predicted molar refractivity (Wildman–Crippen MR) is 113 cm³/mol.